The molecule has 0 spiro atoms. The van der Waals surface area contributed by atoms with Gasteiger partial charge < -0.3 is 117 Å². The zero-order valence-corrected chi connectivity index (χ0v) is 59.2. The molecule has 23 N–H and O–H groups in total. The highest BCUT2D eigenvalue weighted by molar-refractivity contribution is 7.82. The van der Waals surface area contributed by atoms with Crippen LogP contribution < -0.4 is 0 Å². The van der Waals surface area contributed by atoms with Crippen LogP contribution >= 0.6 is 139 Å². The Morgan fingerprint density at radius 1 is 0.349 bits per heavy atom. The fourth-order valence-electron chi connectivity index (χ4n) is 3.31. The molecule has 0 saturated heterocycles. The van der Waals surface area contributed by atoms with Crippen LogP contribution in [0.15, 0.2) is 0 Å². The lowest BCUT2D eigenvalue weighted by molar-refractivity contribution is 0.0240. The van der Waals surface area contributed by atoms with E-state index in [1.165, 1.54) is 0 Å². The fraction of sp³-hybridized carbons (Fsp3) is 1.00. The maximum Gasteiger partial charge on any atom is 0.0858 e. The molecule has 13 unspecified atom stereocenters. The summed E-state index contributed by atoms with van der Waals surface area (Å²) in [6.07, 6.45) is 1.68. The Labute approximate surface area is 557 Å². The standard InChI is InChI=1S/C5H12O3S.6C5H12O2S.2C4H10O2S.2C3H8O2S/c6-1-5(2-7,3-8)4-9;1-4(7)2-5(8)3-6;1-4(7)5(8)2-3-6;1-3(6)5(8)4(2)7;6-3-1-5(8)2-4-7;1-2-4(7)5(8)3-6;6-3-1-2-5(8)4-7;1-3(6)4(7)2-5;5-2-1-4(7)3-6;4-1-3(5)2-6;4-1-3(6)2-5/h6-9H,1-4H2;2*4-8H,2-3H2,1H3;3-8H,1-2H3;5-8H,1-4H2;4-8H,2-3H2,1H3;5-8H,1-4H2;3-7H,2H2,1H3;4-7H,1-3H2;2*3-6H,1-2H2. The fourth-order valence-corrected chi connectivity index (χ4v) is 4.88. The van der Waals surface area contributed by atoms with Gasteiger partial charge in [-0.2, -0.15) is 139 Å². The van der Waals surface area contributed by atoms with Crippen LogP contribution in [0.3, 0.4) is 0 Å². The molecule has 0 rings (SSSR count). The van der Waals surface area contributed by atoms with Crippen molar-refractivity contribution in [3.05, 3.63) is 0 Å². The molecule has 0 aromatic heterocycles. The molecule has 0 aliphatic heterocycles. The van der Waals surface area contributed by atoms with E-state index in [-0.39, 0.29) is 165 Å². The first-order valence-electron chi connectivity index (χ1n) is 26.4. The summed E-state index contributed by atoms with van der Waals surface area (Å²) in [5, 5.41) is 193. The third-order valence-electron chi connectivity index (χ3n) is 9.28. The van der Waals surface area contributed by atoms with Crippen molar-refractivity contribution >= 4 is 139 Å². The van der Waals surface area contributed by atoms with Crippen LogP contribution in [0.1, 0.15) is 92.9 Å². The van der Waals surface area contributed by atoms with Gasteiger partial charge in [-0.25, -0.2) is 0 Å². The Balaban J connectivity index is -0.0000000765. The van der Waals surface area contributed by atoms with Crippen molar-refractivity contribution in [2.24, 2.45) is 5.41 Å². The molecule has 23 nitrogen and oxygen atoms in total. The third-order valence-corrected chi connectivity index (χ3v) is 15.1. The number of aliphatic hydroxyl groups excluding tert-OH is 23. The zero-order chi connectivity index (χ0) is 68.1. The second-order valence-electron chi connectivity index (χ2n) is 17.8. The maximum absolute atomic E-state index is 8.89. The summed E-state index contributed by atoms with van der Waals surface area (Å²) in [6, 6.07) is 0. The lowest BCUT2D eigenvalue weighted by Gasteiger charge is -2.24. The Kier molecular flexibility index (Phi) is 116. The largest absolute Gasteiger partial charge is 0.396 e. The van der Waals surface area contributed by atoms with E-state index in [0.29, 0.717) is 44.3 Å². The minimum Gasteiger partial charge on any atom is -0.396 e. The molecule has 0 saturated carbocycles. The number of rotatable bonds is 32. The van der Waals surface area contributed by atoms with Crippen molar-refractivity contribution in [3.8, 4) is 0 Å². The lowest BCUT2D eigenvalue weighted by atomic mass is 9.94. The molecule has 34 heteroatoms. The van der Waals surface area contributed by atoms with Crippen LogP contribution in [0.5, 0.6) is 0 Å². The van der Waals surface area contributed by atoms with Gasteiger partial charge in [0.25, 0.3) is 0 Å². The van der Waals surface area contributed by atoms with E-state index in [1.807, 2.05) is 6.92 Å². The topological polar surface area (TPSA) is 465 Å². The number of hydrogen-bond donors (Lipinski definition) is 34. The monoisotopic (exact) mass is 1430 g/mol. The molecule has 0 bridgehead atoms. The molecule has 0 aromatic carbocycles. The van der Waals surface area contributed by atoms with E-state index in [1.54, 1.807) is 34.6 Å². The van der Waals surface area contributed by atoms with Crippen LogP contribution in [0.2, 0.25) is 0 Å². The summed E-state index contributed by atoms with van der Waals surface area (Å²) >= 11 is 42.9. The molecular weight excluding hydrogens is 1310 g/mol. The van der Waals surface area contributed by atoms with Crippen molar-refractivity contribution in [1.82, 2.24) is 0 Å². The highest BCUT2D eigenvalue weighted by Crippen LogP contribution is 2.15. The highest BCUT2D eigenvalue weighted by Gasteiger charge is 2.25. The minimum absolute atomic E-state index is 0.0357. The van der Waals surface area contributed by atoms with Gasteiger partial charge in [0.2, 0.25) is 0 Å². The van der Waals surface area contributed by atoms with E-state index >= 15 is 0 Å². The summed E-state index contributed by atoms with van der Waals surface area (Å²) in [6.45, 7) is 9.75. The normalized spacial score (nSPS) is 15.5. The lowest BCUT2D eigenvalue weighted by Crippen LogP contribution is -2.35. The van der Waals surface area contributed by atoms with Gasteiger partial charge >= 0.3 is 0 Å². The second kappa shape index (κ2) is 87.0. The van der Waals surface area contributed by atoms with E-state index in [2.05, 4.69) is 139 Å². The molecular formula is C49H120O23S11. The van der Waals surface area contributed by atoms with Crippen LogP contribution in [-0.4, -0.2) is 325 Å². The highest BCUT2D eigenvalue weighted by atomic mass is 32.1. The minimum atomic E-state index is -0.802. The van der Waals surface area contributed by atoms with Crippen molar-refractivity contribution in [2.75, 3.05) is 117 Å². The Hall–Kier alpha value is 2.93. The molecule has 0 heterocycles. The van der Waals surface area contributed by atoms with Crippen LogP contribution in [-0.2, 0) is 0 Å². The van der Waals surface area contributed by atoms with Gasteiger partial charge in [0.05, 0.1) is 131 Å². The summed E-state index contributed by atoms with van der Waals surface area (Å²) in [7, 11) is 0. The Bertz CT molecular complexity index is 1050. The van der Waals surface area contributed by atoms with Crippen molar-refractivity contribution in [1.29, 1.82) is 0 Å². The smallest absolute Gasteiger partial charge is 0.0858 e. The number of hydrogen-bond acceptors (Lipinski definition) is 34. The van der Waals surface area contributed by atoms with Crippen molar-refractivity contribution < 1.29 is 117 Å². The van der Waals surface area contributed by atoms with Crippen LogP contribution in [0.4, 0.5) is 0 Å². The molecule has 0 aromatic rings. The van der Waals surface area contributed by atoms with E-state index in [0.717, 1.165) is 12.8 Å². The van der Waals surface area contributed by atoms with Crippen molar-refractivity contribution in [2.45, 2.75) is 183 Å². The third kappa shape index (κ3) is 104. The first kappa shape index (κ1) is 110. The number of aliphatic hydroxyl groups is 23. The summed E-state index contributed by atoms with van der Waals surface area (Å²) in [4.78, 5) is 0. The summed E-state index contributed by atoms with van der Waals surface area (Å²) in [5.41, 5.74) is -0.802. The molecule has 83 heavy (non-hydrogen) atoms. The van der Waals surface area contributed by atoms with Gasteiger partial charge in [0.1, 0.15) is 0 Å². The second-order valence-corrected chi connectivity index (χ2v) is 24.7. The first-order valence-corrected chi connectivity index (χ1v) is 32.4. The van der Waals surface area contributed by atoms with E-state index in [9.17, 15) is 0 Å². The predicted molar refractivity (Wildman–Crippen MR) is 372 cm³/mol. The molecule has 0 aliphatic rings. The Morgan fingerprint density at radius 3 is 0.795 bits per heavy atom. The zero-order valence-electron chi connectivity index (χ0n) is 49.3. The summed E-state index contributed by atoms with van der Waals surface area (Å²) < 4.78 is 0. The van der Waals surface area contributed by atoms with E-state index < -0.39 is 42.0 Å². The predicted octanol–water partition coefficient (Wildman–Crippen LogP) is -2.97. The van der Waals surface area contributed by atoms with Gasteiger partial charge in [0.15, 0.2) is 0 Å². The summed E-state index contributed by atoms with van der Waals surface area (Å²) in [5.74, 6) is 0.618. The molecule has 13 atom stereocenters. The molecule has 0 radical (unpaired) electrons. The van der Waals surface area contributed by atoms with Crippen LogP contribution in [0, 0.1) is 5.41 Å². The first-order chi connectivity index (χ1) is 38.6. The van der Waals surface area contributed by atoms with Gasteiger partial charge in [-0.1, -0.05) is 6.92 Å². The average molecular weight is 1430 g/mol. The molecule has 0 fully saturated rings. The molecule has 0 amide bonds. The van der Waals surface area contributed by atoms with Gasteiger partial charge in [0, 0.05) is 81.5 Å². The molecule has 0 aliphatic carbocycles. The molecule has 520 valence electrons. The maximum atomic E-state index is 8.89. The van der Waals surface area contributed by atoms with Crippen molar-refractivity contribution in [3.63, 3.8) is 0 Å². The SMILES string of the molecule is CC(O)C(S)C(C)O.CC(O)C(S)CCO.CC(O)C(S)CO.CC(O)CC(S)CO.CCC(O)C(S)CO.OCC(CO)(CO)CS.OCC(O)CS.OCC(S)CO.OCCC(S)CCO.OCCC(S)CO.OCCCC(S)CO. The average Bonchev–Trinajstić information content (AvgIpc) is 3.47. The quantitative estimate of drug-likeness (QED) is 0.0299. The van der Waals surface area contributed by atoms with Gasteiger partial charge in [-0.05, 0) is 86.0 Å². The van der Waals surface area contributed by atoms with Gasteiger partial charge in [-0.15, -0.1) is 0 Å². The Morgan fingerprint density at radius 2 is 0.687 bits per heavy atom. The van der Waals surface area contributed by atoms with Gasteiger partial charge in [-0.3, -0.25) is 0 Å². The van der Waals surface area contributed by atoms with E-state index in [4.69, 9.17) is 117 Å². The number of thiol groups is 11. The van der Waals surface area contributed by atoms with Crippen LogP contribution in [0.25, 0.3) is 0 Å².